The fourth-order valence-corrected chi connectivity index (χ4v) is 2.44. The van der Waals surface area contributed by atoms with Gasteiger partial charge in [0.25, 0.3) is 11.5 Å². The second-order valence-corrected chi connectivity index (χ2v) is 5.22. The Bertz CT molecular complexity index is 504. The van der Waals surface area contributed by atoms with Crippen molar-refractivity contribution >= 4 is 5.91 Å². The quantitative estimate of drug-likeness (QED) is 0.802. The van der Waals surface area contributed by atoms with Crippen molar-refractivity contribution in [3.63, 3.8) is 0 Å². The molecule has 1 aliphatic rings. The van der Waals surface area contributed by atoms with Crippen LogP contribution >= 0.6 is 0 Å². The van der Waals surface area contributed by atoms with Gasteiger partial charge in [-0.1, -0.05) is 0 Å². The van der Waals surface area contributed by atoms with E-state index < -0.39 is 0 Å². The van der Waals surface area contributed by atoms with Crippen molar-refractivity contribution in [2.45, 2.75) is 38.2 Å². The highest BCUT2D eigenvalue weighted by Crippen LogP contribution is 2.17. The highest BCUT2D eigenvalue weighted by Gasteiger charge is 2.14. The minimum absolute atomic E-state index is 0.203. The van der Waals surface area contributed by atoms with E-state index in [2.05, 4.69) is 5.32 Å². The topological polar surface area (TPSA) is 60.3 Å². The van der Waals surface area contributed by atoms with Crippen molar-refractivity contribution in [1.82, 2.24) is 9.88 Å². The number of carbonyl (C=O) groups excluding carboxylic acids is 1. The number of ether oxygens (including phenoxy) is 1. The first-order valence-electron chi connectivity index (χ1n) is 7.24. The number of nitrogens with zero attached hydrogens (tertiary/aromatic N) is 1. The first kappa shape index (κ1) is 14.8. The van der Waals surface area contributed by atoms with Crippen molar-refractivity contribution < 1.29 is 9.53 Å². The van der Waals surface area contributed by atoms with Gasteiger partial charge in [-0.05, 0) is 44.2 Å². The molecule has 1 aromatic rings. The smallest absolute Gasteiger partial charge is 0.263 e. The Balaban J connectivity index is 1.69. The van der Waals surface area contributed by atoms with Gasteiger partial charge in [-0.2, -0.15) is 0 Å². The van der Waals surface area contributed by atoms with Crippen LogP contribution in [0.25, 0.3) is 0 Å². The summed E-state index contributed by atoms with van der Waals surface area (Å²) >= 11 is 0. The third-order valence-electron chi connectivity index (χ3n) is 3.63. The van der Waals surface area contributed by atoms with E-state index in [4.69, 9.17) is 4.74 Å². The highest BCUT2D eigenvalue weighted by atomic mass is 16.5. The van der Waals surface area contributed by atoms with Crippen LogP contribution in [0.15, 0.2) is 23.1 Å². The zero-order valence-corrected chi connectivity index (χ0v) is 11.9. The summed E-state index contributed by atoms with van der Waals surface area (Å²) in [5.41, 5.74) is -0.0570. The number of rotatable bonds is 6. The van der Waals surface area contributed by atoms with Crippen molar-refractivity contribution in [2.75, 3.05) is 13.2 Å². The molecular formula is C15H22N2O3. The van der Waals surface area contributed by atoms with Gasteiger partial charge in [0, 0.05) is 26.4 Å². The highest BCUT2D eigenvalue weighted by molar-refractivity contribution is 5.93. The van der Waals surface area contributed by atoms with Gasteiger partial charge < -0.3 is 14.6 Å². The lowest BCUT2D eigenvalue weighted by molar-refractivity contribution is 0.0945. The molecular weight excluding hydrogens is 256 g/mol. The fourth-order valence-electron chi connectivity index (χ4n) is 2.44. The maximum absolute atomic E-state index is 11.9. The summed E-state index contributed by atoms with van der Waals surface area (Å²) in [6.07, 6.45) is 7.39. The molecule has 0 bridgehead atoms. The normalized spacial score (nSPS) is 18.1. The first-order valence-corrected chi connectivity index (χ1v) is 7.24. The molecule has 0 saturated carbocycles. The minimum Gasteiger partial charge on any atom is -0.378 e. The summed E-state index contributed by atoms with van der Waals surface area (Å²) in [7, 11) is 1.64. The molecule has 1 aliphatic heterocycles. The molecule has 5 nitrogen and oxygen atoms in total. The Hall–Kier alpha value is -1.62. The van der Waals surface area contributed by atoms with Crippen molar-refractivity contribution in [2.24, 2.45) is 7.05 Å². The van der Waals surface area contributed by atoms with Gasteiger partial charge >= 0.3 is 0 Å². The molecule has 0 spiro atoms. The lowest BCUT2D eigenvalue weighted by Crippen LogP contribution is -2.32. The summed E-state index contributed by atoms with van der Waals surface area (Å²) in [6, 6.07) is 3.26. The van der Waals surface area contributed by atoms with Crippen LogP contribution in [0.4, 0.5) is 0 Å². The summed E-state index contributed by atoms with van der Waals surface area (Å²) < 4.78 is 6.96. The third-order valence-corrected chi connectivity index (χ3v) is 3.63. The Morgan fingerprint density at radius 2 is 2.35 bits per heavy atom. The largest absolute Gasteiger partial charge is 0.378 e. The predicted molar refractivity (Wildman–Crippen MR) is 76.8 cm³/mol. The molecule has 1 saturated heterocycles. The zero-order chi connectivity index (χ0) is 14.4. The van der Waals surface area contributed by atoms with Gasteiger partial charge in [0.05, 0.1) is 6.10 Å². The Kier molecular flexibility index (Phi) is 5.35. The van der Waals surface area contributed by atoms with E-state index in [9.17, 15) is 9.59 Å². The van der Waals surface area contributed by atoms with Crippen LogP contribution < -0.4 is 10.9 Å². The molecule has 110 valence electrons. The van der Waals surface area contributed by atoms with Crippen LogP contribution in [0.3, 0.4) is 0 Å². The van der Waals surface area contributed by atoms with E-state index in [1.807, 2.05) is 0 Å². The van der Waals surface area contributed by atoms with E-state index in [-0.39, 0.29) is 17.0 Å². The van der Waals surface area contributed by atoms with Crippen LogP contribution in [0.5, 0.6) is 0 Å². The van der Waals surface area contributed by atoms with Crippen LogP contribution in [-0.4, -0.2) is 29.7 Å². The van der Waals surface area contributed by atoms with Crippen molar-refractivity contribution in [1.29, 1.82) is 0 Å². The number of hydrogen-bond donors (Lipinski definition) is 1. The van der Waals surface area contributed by atoms with Crippen LogP contribution in [0, 0.1) is 0 Å². The van der Waals surface area contributed by atoms with Gasteiger partial charge in [-0.15, -0.1) is 0 Å². The molecule has 0 aromatic carbocycles. The number of amides is 1. The minimum atomic E-state index is -0.289. The fraction of sp³-hybridized carbons (Fsp3) is 0.600. The monoisotopic (exact) mass is 278 g/mol. The summed E-state index contributed by atoms with van der Waals surface area (Å²) in [6.45, 7) is 1.49. The van der Waals surface area contributed by atoms with Gasteiger partial charge in [-0.3, -0.25) is 9.59 Å². The van der Waals surface area contributed by atoms with Gasteiger partial charge in [-0.25, -0.2) is 0 Å². The third kappa shape index (κ3) is 3.93. The maximum atomic E-state index is 11.9. The first-order chi connectivity index (χ1) is 9.68. The molecule has 0 unspecified atom stereocenters. The number of pyridine rings is 1. The molecule has 1 atom stereocenters. The van der Waals surface area contributed by atoms with Gasteiger partial charge in [0.1, 0.15) is 5.56 Å². The average molecular weight is 278 g/mol. The Labute approximate surface area is 118 Å². The molecule has 1 amide bonds. The van der Waals surface area contributed by atoms with E-state index in [0.717, 1.165) is 32.3 Å². The molecule has 0 aliphatic carbocycles. The van der Waals surface area contributed by atoms with Crippen LogP contribution in [0.2, 0.25) is 0 Å². The number of aromatic nitrogens is 1. The number of aryl methyl sites for hydroxylation is 1. The summed E-state index contributed by atoms with van der Waals surface area (Å²) in [5.74, 6) is -0.289. The number of unbranched alkanes of at least 4 members (excludes halogenated alkanes) is 1. The average Bonchev–Trinajstić information content (AvgIpc) is 2.94. The number of carbonyl (C=O) groups is 1. The Morgan fingerprint density at radius 1 is 1.50 bits per heavy atom. The van der Waals surface area contributed by atoms with E-state index in [1.165, 1.54) is 11.0 Å². The van der Waals surface area contributed by atoms with Gasteiger partial charge in [0.2, 0.25) is 0 Å². The molecule has 2 rings (SSSR count). The lowest BCUT2D eigenvalue weighted by atomic mass is 10.1. The van der Waals surface area contributed by atoms with E-state index >= 15 is 0 Å². The van der Waals surface area contributed by atoms with Crippen molar-refractivity contribution in [3.05, 3.63) is 34.2 Å². The van der Waals surface area contributed by atoms with E-state index in [1.54, 1.807) is 25.4 Å². The van der Waals surface area contributed by atoms with Crippen LogP contribution in [-0.2, 0) is 11.8 Å². The lowest BCUT2D eigenvalue weighted by Gasteiger charge is -2.09. The SMILES string of the molecule is Cn1cccc(C(=O)NCCCC[C@H]2CCCO2)c1=O. The maximum Gasteiger partial charge on any atom is 0.263 e. The summed E-state index contributed by atoms with van der Waals surface area (Å²) in [5, 5.41) is 2.80. The zero-order valence-electron chi connectivity index (χ0n) is 11.9. The molecule has 0 radical (unpaired) electrons. The van der Waals surface area contributed by atoms with Crippen molar-refractivity contribution in [3.8, 4) is 0 Å². The molecule has 5 heteroatoms. The number of nitrogens with one attached hydrogen (secondary N) is 1. The Morgan fingerprint density at radius 3 is 3.10 bits per heavy atom. The number of hydrogen-bond acceptors (Lipinski definition) is 3. The van der Waals surface area contributed by atoms with Gasteiger partial charge in [0.15, 0.2) is 0 Å². The summed E-state index contributed by atoms with van der Waals surface area (Å²) in [4.78, 5) is 23.6. The molecule has 1 aromatic heterocycles. The molecule has 20 heavy (non-hydrogen) atoms. The molecule has 1 fully saturated rings. The molecule has 1 N–H and O–H groups in total. The standard InChI is InChI=1S/C15H22N2O3/c1-17-10-4-8-13(15(17)19)14(18)16-9-3-2-6-12-7-5-11-20-12/h4,8,10,12H,2-3,5-7,9,11H2,1H3,(H,16,18)/t12-/m0/s1. The van der Waals surface area contributed by atoms with E-state index in [0.29, 0.717) is 12.6 Å². The molecule has 2 heterocycles. The second-order valence-electron chi connectivity index (χ2n) is 5.22. The predicted octanol–water partition coefficient (Wildman–Crippen LogP) is 1.46. The second kappa shape index (κ2) is 7.24. The van der Waals surface area contributed by atoms with Crippen LogP contribution in [0.1, 0.15) is 42.5 Å².